The van der Waals surface area contributed by atoms with Crippen LogP contribution in [0.2, 0.25) is 0 Å². The number of likely N-dealkylation sites (tertiary alicyclic amines) is 2. The van der Waals surface area contributed by atoms with E-state index in [4.69, 9.17) is 26.0 Å². The van der Waals surface area contributed by atoms with Gasteiger partial charge in [-0.15, -0.1) is 0 Å². The van der Waals surface area contributed by atoms with Gasteiger partial charge in [-0.3, -0.25) is 9.80 Å². The summed E-state index contributed by atoms with van der Waals surface area (Å²) in [7, 11) is 0. The quantitative estimate of drug-likeness (QED) is 0.303. The van der Waals surface area contributed by atoms with Crippen LogP contribution in [0.4, 0.5) is 0 Å². The monoisotopic (exact) mass is 658 g/mol. The first-order valence-corrected chi connectivity index (χ1v) is 16.8. The predicted molar refractivity (Wildman–Crippen MR) is 198 cm³/mol. The largest absolute Gasteiger partial charge is 0.379 e. The summed E-state index contributed by atoms with van der Waals surface area (Å²) in [6.45, 7) is 4.77. The summed E-state index contributed by atoms with van der Waals surface area (Å²) in [5.74, 6) is 0. The van der Waals surface area contributed by atoms with Crippen LogP contribution in [0.5, 0.6) is 0 Å². The molecule has 0 aliphatic carbocycles. The number of nitrogens with zero attached hydrogens (tertiary/aromatic N) is 4. The SMILES string of the molecule is CC(C)(C)CN1CCCCC1.[2H]C([2H])(N1CCCCC1)C(C)(C)C.[2H]C1([2H])OC([2H])(C)C([2H])([2H])N(C([2H])([2H])C(C)(C)C)C1([2H])[2H].[2H]C1([2H])OC([2H])([2H])C([2H])([2H])N(CC(C)(C)C)C1([2H])[2H]. The van der Waals surface area contributed by atoms with Gasteiger partial charge in [0.2, 0.25) is 0 Å². The molecular formula is C39H82N4O2. The molecule has 0 aromatic heterocycles. The molecule has 0 saturated carbocycles. The normalized spacial score (nSPS) is 39.9. The van der Waals surface area contributed by atoms with Crippen LogP contribution in [0.3, 0.4) is 0 Å². The zero-order valence-electron chi connectivity index (χ0n) is 50.1. The first kappa shape index (κ1) is 21.1. The molecule has 0 aromatic carbocycles. The van der Waals surface area contributed by atoms with Gasteiger partial charge in [0, 0.05) is 68.5 Å². The summed E-state index contributed by atoms with van der Waals surface area (Å²) in [5, 5.41) is 0. The Labute approximate surface area is 310 Å². The van der Waals surface area contributed by atoms with E-state index in [2.05, 4.69) is 35.1 Å². The van der Waals surface area contributed by atoms with Crippen molar-refractivity contribution in [3.8, 4) is 0 Å². The molecule has 0 amide bonds. The zero-order chi connectivity index (χ0) is 51.2. The number of hydrogen-bond acceptors (Lipinski definition) is 6. The maximum Gasteiger partial charge on any atom is 0.0674 e. The van der Waals surface area contributed by atoms with Crippen LogP contribution >= 0.6 is 0 Å². The van der Waals surface area contributed by atoms with Crippen molar-refractivity contribution in [2.45, 2.75) is 135 Å². The fourth-order valence-electron chi connectivity index (χ4n) is 4.78. The van der Waals surface area contributed by atoms with E-state index in [9.17, 15) is 0 Å². The minimum atomic E-state index is -3.10. The average molecular weight is 658 g/mol. The molecule has 1 unspecified atom stereocenters. The number of morpholine rings is 2. The van der Waals surface area contributed by atoms with Crippen molar-refractivity contribution in [3.05, 3.63) is 0 Å². The third-order valence-corrected chi connectivity index (χ3v) is 6.17. The summed E-state index contributed by atoms with van der Waals surface area (Å²) in [5.41, 5.74) is -1.57. The van der Waals surface area contributed by atoms with Gasteiger partial charge in [0.05, 0.1) is 35.4 Å². The Hall–Kier alpha value is -0.240. The minimum Gasteiger partial charge on any atom is -0.379 e. The standard InChI is InChI=1S/C10H21NO.2C10H21N.C9H19NO/c1-9-7-11(5-6-12-9)8-10(2,3)4;2*1-10(2,3)9-11-7-5-4-6-8-11;1-9(2,3)8-10-4-6-11-7-5-10/h9H,5-8H2,1-4H3;2*4-9H2,1-3H3;4-8H2,1-3H3/i5D2,6D2,7D2,8D2,9D;9D2;;4D2,5D2,6D2,7D2. The smallest absolute Gasteiger partial charge is 0.0674 e. The molecule has 0 spiro atoms. The molecule has 4 saturated heterocycles. The van der Waals surface area contributed by atoms with Gasteiger partial charge in [0.15, 0.2) is 0 Å². The molecule has 0 bridgehead atoms. The molecule has 6 nitrogen and oxygen atoms in total. The Bertz CT molecular complexity index is 1430. The van der Waals surface area contributed by atoms with Gasteiger partial charge in [0.25, 0.3) is 0 Å². The van der Waals surface area contributed by atoms with Gasteiger partial charge < -0.3 is 19.3 Å². The first-order chi connectivity index (χ1) is 27.8. The highest BCUT2D eigenvalue weighted by Gasteiger charge is 2.22. The third kappa shape index (κ3) is 26.4. The summed E-state index contributed by atoms with van der Waals surface area (Å²) >= 11 is 0. The van der Waals surface area contributed by atoms with E-state index in [1.54, 1.807) is 20.8 Å². The second-order valence-corrected chi connectivity index (χ2v) is 16.7. The van der Waals surface area contributed by atoms with E-state index in [0.29, 0.717) is 10.3 Å². The lowest BCUT2D eigenvalue weighted by Crippen LogP contribution is -2.44. The van der Waals surface area contributed by atoms with Crippen LogP contribution in [0, 0.1) is 21.7 Å². The fraction of sp³-hybridized carbons (Fsp3) is 1.00. The van der Waals surface area contributed by atoms with Crippen molar-refractivity contribution in [3.63, 3.8) is 0 Å². The predicted octanol–water partition coefficient (Wildman–Crippen LogP) is 8.15. The molecular weight excluding hydrogens is 556 g/mol. The molecule has 270 valence electrons. The second-order valence-electron chi connectivity index (χ2n) is 16.7. The van der Waals surface area contributed by atoms with Crippen molar-refractivity contribution in [1.29, 1.82) is 0 Å². The van der Waals surface area contributed by atoms with Gasteiger partial charge in [-0.05, 0) is 80.4 Å². The highest BCUT2D eigenvalue weighted by Crippen LogP contribution is 2.20. The Morgan fingerprint density at radius 1 is 0.556 bits per heavy atom. The number of ether oxygens (including phenoxy) is 2. The number of rotatable bonds is 4. The van der Waals surface area contributed by atoms with Crippen LogP contribution in [0.25, 0.3) is 0 Å². The van der Waals surface area contributed by atoms with Crippen LogP contribution in [-0.2, 0) is 9.47 Å². The molecule has 4 aliphatic heterocycles. The average Bonchev–Trinajstić information content (AvgIpc) is 3.04. The van der Waals surface area contributed by atoms with Gasteiger partial charge in [0.1, 0.15) is 0 Å². The molecule has 0 radical (unpaired) electrons. The topological polar surface area (TPSA) is 31.4 Å². The molecule has 4 fully saturated rings. The number of piperidine rings is 2. The molecule has 6 heteroatoms. The van der Waals surface area contributed by atoms with Gasteiger partial charge in [-0.25, -0.2) is 0 Å². The van der Waals surface area contributed by atoms with Crippen LogP contribution in [0.15, 0.2) is 0 Å². The van der Waals surface area contributed by atoms with Crippen molar-refractivity contribution in [2.75, 3.05) is 97.9 Å². The summed E-state index contributed by atoms with van der Waals surface area (Å²) in [6.07, 6.45) is 5.34. The summed E-state index contributed by atoms with van der Waals surface area (Å²) in [6, 6.07) is 0. The van der Waals surface area contributed by atoms with E-state index in [-0.39, 0.29) is 16.9 Å². The highest BCUT2D eigenvalue weighted by molar-refractivity contribution is 4.75. The van der Waals surface area contributed by atoms with Crippen molar-refractivity contribution >= 4 is 0 Å². The lowest BCUT2D eigenvalue weighted by atomic mass is 9.95. The van der Waals surface area contributed by atoms with E-state index >= 15 is 0 Å². The van der Waals surface area contributed by atoms with E-state index in [0.717, 1.165) is 32.9 Å². The molecule has 0 N–H and O–H groups in total. The van der Waals surface area contributed by atoms with E-state index in [1.807, 2.05) is 25.7 Å². The highest BCUT2D eigenvalue weighted by atomic mass is 16.5. The zero-order valence-corrected chi connectivity index (χ0v) is 31.1. The summed E-state index contributed by atoms with van der Waals surface area (Å²) < 4.78 is 158. The maximum absolute atomic E-state index is 8.14. The lowest BCUT2D eigenvalue weighted by molar-refractivity contribution is -0.0276. The Balaban J connectivity index is 0.000000439. The maximum atomic E-state index is 8.14. The second kappa shape index (κ2) is 21.0. The van der Waals surface area contributed by atoms with E-state index in [1.165, 1.54) is 66.1 Å². The molecule has 4 aliphatic rings. The van der Waals surface area contributed by atoms with E-state index < -0.39 is 75.6 Å². The van der Waals surface area contributed by atoms with Crippen molar-refractivity contribution in [2.24, 2.45) is 21.7 Å². The molecule has 0 aromatic rings. The van der Waals surface area contributed by atoms with Gasteiger partial charge in [-0.2, -0.15) is 0 Å². The van der Waals surface area contributed by atoms with Crippen LogP contribution in [-0.4, -0.2) is 124 Å². The van der Waals surface area contributed by atoms with Gasteiger partial charge in [-0.1, -0.05) is 95.9 Å². The van der Waals surface area contributed by atoms with Crippen molar-refractivity contribution < 1.29 is 35.5 Å². The van der Waals surface area contributed by atoms with Gasteiger partial charge >= 0.3 is 0 Å². The summed E-state index contributed by atoms with van der Waals surface area (Å²) in [4.78, 5) is 5.33. The van der Waals surface area contributed by atoms with Crippen molar-refractivity contribution in [1.82, 2.24) is 19.6 Å². The fourth-order valence-corrected chi connectivity index (χ4v) is 4.78. The Morgan fingerprint density at radius 2 is 0.956 bits per heavy atom. The molecule has 45 heavy (non-hydrogen) atoms. The molecule has 4 rings (SSSR count). The number of hydrogen-bond donors (Lipinski definition) is 0. The van der Waals surface area contributed by atoms with Crippen LogP contribution in [0.1, 0.15) is 155 Å². The minimum absolute atomic E-state index is 0.156. The van der Waals surface area contributed by atoms with Crippen LogP contribution < -0.4 is 0 Å². The Morgan fingerprint density at radius 3 is 1.40 bits per heavy atom. The molecule has 4 heterocycles. The first-order valence-electron chi connectivity index (χ1n) is 26.3. The third-order valence-electron chi connectivity index (χ3n) is 6.17. The Kier molecular flexibility index (Phi) is 9.83. The molecule has 1 atom stereocenters. The lowest BCUT2D eigenvalue weighted by Gasteiger charge is -2.35.